The van der Waals surface area contributed by atoms with Gasteiger partial charge in [-0.1, -0.05) is 0 Å². The molecule has 0 fully saturated rings. The van der Waals surface area contributed by atoms with E-state index in [0.717, 1.165) is 0 Å². The molecule has 2 aromatic rings. The van der Waals surface area contributed by atoms with Gasteiger partial charge in [0.1, 0.15) is 0 Å². The quantitative estimate of drug-likeness (QED) is 0.894. The highest BCUT2D eigenvalue weighted by molar-refractivity contribution is 7.92. The van der Waals surface area contributed by atoms with Gasteiger partial charge in [-0.05, 0) is 19.9 Å². The van der Waals surface area contributed by atoms with E-state index in [1.54, 1.807) is 10.6 Å². The molecular formula is C10H13N5O2S. The Bertz CT molecular complexity index is 621. The van der Waals surface area contributed by atoms with Gasteiger partial charge in [-0.3, -0.25) is 0 Å². The van der Waals surface area contributed by atoms with Crippen LogP contribution in [0.5, 0.6) is 0 Å². The zero-order valence-corrected chi connectivity index (χ0v) is 10.8. The summed E-state index contributed by atoms with van der Waals surface area (Å²) < 4.78 is 27.9. The molecule has 0 aliphatic rings. The van der Waals surface area contributed by atoms with Crippen molar-refractivity contribution in [2.75, 3.05) is 4.72 Å². The van der Waals surface area contributed by atoms with Crippen molar-refractivity contribution in [3.05, 3.63) is 31.0 Å². The van der Waals surface area contributed by atoms with Crippen LogP contribution in [-0.4, -0.2) is 27.9 Å². The molecule has 0 atom stereocenters. The van der Waals surface area contributed by atoms with Crippen LogP contribution in [0.15, 0.2) is 36.0 Å². The third-order valence-corrected chi connectivity index (χ3v) is 3.45. The molecule has 0 aliphatic carbocycles. The van der Waals surface area contributed by atoms with Crippen LogP contribution >= 0.6 is 0 Å². The number of sulfonamides is 1. The summed E-state index contributed by atoms with van der Waals surface area (Å²) in [4.78, 5) is 11.5. The van der Waals surface area contributed by atoms with Gasteiger partial charge in [0.2, 0.25) is 5.95 Å². The fraction of sp³-hybridized carbons (Fsp3) is 0.300. The summed E-state index contributed by atoms with van der Waals surface area (Å²) in [5.74, 6) is 0.0246. The topological polar surface area (TPSA) is 89.8 Å². The number of hydrogen-bond acceptors (Lipinski definition) is 5. The molecule has 0 amide bonds. The summed E-state index contributed by atoms with van der Waals surface area (Å²) in [6, 6.07) is 1.75. The molecule has 7 nitrogen and oxygen atoms in total. The molecule has 0 aromatic carbocycles. The predicted octanol–water partition coefficient (Wildman–Crippen LogP) is 1.05. The molecule has 2 heterocycles. The Morgan fingerprint density at radius 3 is 2.44 bits per heavy atom. The molecule has 2 rings (SSSR count). The summed E-state index contributed by atoms with van der Waals surface area (Å²) >= 11 is 0. The Morgan fingerprint density at radius 2 is 1.89 bits per heavy atom. The first-order chi connectivity index (χ1) is 8.49. The van der Waals surface area contributed by atoms with Gasteiger partial charge in [0.25, 0.3) is 10.0 Å². The van der Waals surface area contributed by atoms with E-state index >= 15 is 0 Å². The van der Waals surface area contributed by atoms with Crippen LogP contribution in [0.3, 0.4) is 0 Å². The Labute approximate surface area is 105 Å². The molecule has 0 radical (unpaired) electrons. The van der Waals surface area contributed by atoms with E-state index in [9.17, 15) is 8.42 Å². The molecule has 0 unspecified atom stereocenters. The summed E-state index contributed by atoms with van der Waals surface area (Å²) in [6.45, 7) is 3.87. The lowest BCUT2D eigenvalue weighted by atomic mass is 10.4. The smallest absolute Gasteiger partial charge is 0.283 e. The van der Waals surface area contributed by atoms with Crippen molar-refractivity contribution < 1.29 is 8.42 Å². The number of nitrogens with zero attached hydrogens (tertiary/aromatic N) is 4. The largest absolute Gasteiger partial charge is 0.334 e. The minimum Gasteiger partial charge on any atom is -0.334 e. The van der Waals surface area contributed by atoms with Crippen molar-refractivity contribution >= 4 is 16.0 Å². The monoisotopic (exact) mass is 267 g/mol. The maximum atomic E-state index is 12.0. The summed E-state index contributed by atoms with van der Waals surface area (Å²) in [6.07, 6.45) is 5.86. The second-order valence-corrected chi connectivity index (χ2v) is 5.56. The molecule has 0 spiro atoms. The van der Waals surface area contributed by atoms with Crippen molar-refractivity contribution in [1.82, 2.24) is 19.5 Å². The molecule has 2 aromatic heterocycles. The van der Waals surface area contributed by atoms with E-state index < -0.39 is 10.0 Å². The van der Waals surface area contributed by atoms with E-state index in [-0.39, 0.29) is 17.0 Å². The fourth-order valence-corrected chi connectivity index (χ4v) is 2.16. The van der Waals surface area contributed by atoms with E-state index in [1.165, 1.54) is 24.9 Å². The lowest BCUT2D eigenvalue weighted by Gasteiger charge is -2.04. The second kappa shape index (κ2) is 4.73. The van der Waals surface area contributed by atoms with Gasteiger partial charge >= 0.3 is 0 Å². The van der Waals surface area contributed by atoms with Gasteiger partial charge in [-0.2, -0.15) is 8.42 Å². The number of rotatable bonds is 4. The highest BCUT2D eigenvalue weighted by Crippen LogP contribution is 2.12. The average Bonchev–Trinajstić information content (AvgIpc) is 2.79. The SMILES string of the molecule is CC(C)n1cnc(S(=O)(=O)Nc2ncccn2)c1. The van der Waals surface area contributed by atoms with Gasteiger partial charge in [-0.15, -0.1) is 0 Å². The first-order valence-corrected chi connectivity index (χ1v) is 6.80. The molecule has 0 aliphatic heterocycles. The van der Waals surface area contributed by atoms with Crippen molar-refractivity contribution in [3.8, 4) is 0 Å². The van der Waals surface area contributed by atoms with Gasteiger partial charge < -0.3 is 4.57 Å². The molecule has 96 valence electrons. The van der Waals surface area contributed by atoms with Gasteiger partial charge in [0, 0.05) is 24.6 Å². The number of imidazole rings is 1. The highest BCUT2D eigenvalue weighted by Gasteiger charge is 2.19. The van der Waals surface area contributed by atoms with Crippen molar-refractivity contribution in [1.29, 1.82) is 0 Å². The minimum atomic E-state index is -3.73. The van der Waals surface area contributed by atoms with Crippen LogP contribution in [0.2, 0.25) is 0 Å². The van der Waals surface area contributed by atoms with E-state index in [0.29, 0.717) is 0 Å². The maximum absolute atomic E-state index is 12.0. The Hall–Kier alpha value is -1.96. The molecular weight excluding hydrogens is 254 g/mol. The molecule has 0 saturated heterocycles. The Kier molecular flexibility index (Phi) is 3.28. The molecule has 1 N–H and O–H groups in total. The minimum absolute atomic E-state index is 0.0246. The third kappa shape index (κ3) is 2.65. The highest BCUT2D eigenvalue weighted by atomic mass is 32.2. The number of anilines is 1. The van der Waals surface area contributed by atoms with E-state index in [1.807, 2.05) is 13.8 Å². The standard InChI is InChI=1S/C10H13N5O2S/c1-8(2)15-6-9(13-7-15)18(16,17)14-10-11-4-3-5-12-10/h3-8H,1-2H3,(H,11,12,14). The normalized spacial score (nSPS) is 11.7. The van der Waals surface area contributed by atoms with Gasteiger partial charge in [0.15, 0.2) is 5.03 Å². The van der Waals surface area contributed by atoms with Crippen LogP contribution in [0.25, 0.3) is 0 Å². The van der Waals surface area contributed by atoms with Crippen LogP contribution in [0, 0.1) is 0 Å². The van der Waals surface area contributed by atoms with Crippen molar-refractivity contribution in [3.63, 3.8) is 0 Å². The summed E-state index contributed by atoms with van der Waals surface area (Å²) in [5.41, 5.74) is 0. The average molecular weight is 267 g/mol. The van der Waals surface area contributed by atoms with Crippen molar-refractivity contribution in [2.45, 2.75) is 24.9 Å². The summed E-state index contributed by atoms with van der Waals surface area (Å²) in [5, 5.41) is -0.0522. The first-order valence-electron chi connectivity index (χ1n) is 5.32. The van der Waals surface area contributed by atoms with E-state index in [4.69, 9.17) is 0 Å². The maximum Gasteiger partial charge on any atom is 0.283 e. The second-order valence-electron chi connectivity index (χ2n) is 3.93. The van der Waals surface area contributed by atoms with E-state index in [2.05, 4.69) is 19.7 Å². The Morgan fingerprint density at radius 1 is 1.22 bits per heavy atom. The molecule has 18 heavy (non-hydrogen) atoms. The fourth-order valence-electron chi connectivity index (χ4n) is 1.26. The Balaban J connectivity index is 2.25. The molecule has 0 saturated carbocycles. The lowest BCUT2D eigenvalue weighted by molar-refractivity contribution is 0.591. The zero-order chi connectivity index (χ0) is 13.2. The van der Waals surface area contributed by atoms with Crippen LogP contribution < -0.4 is 4.72 Å². The third-order valence-electron chi connectivity index (χ3n) is 2.24. The number of aromatic nitrogens is 4. The first kappa shape index (κ1) is 12.5. The molecule has 8 heteroatoms. The number of hydrogen-bond donors (Lipinski definition) is 1. The van der Waals surface area contributed by atoms with Gasteiger partial charge in [-0.25, -0.2) is 19.7 Å². The van der Waals surface area contributed by atoms with Crippen molar-refractivity contribution in [2.24, 2.45) is 0 Å². The predicted molar refractivity (Wildman–Crippen MR) is 65.5 cm³/mol. The lowest BCUT2D eigenvalue weighted by Crippen LogP contribution is -2.15. The van der Waals surface area contributed by atoms with Gasteiger partial charge in [0.05, 0.1) is 6.33 Å². The van der Waals surface area contributed by atoms with Crippen LogP contribution in [0.4, 0.5) is 5.95 Å². The zero-order valence-electron chi connectivity index (χ0n) is 9.98. The molecule has 0 bridgehead atoms. The van der Waals surface area contributed by atoms with Crippen LogP contribution in [-0.2, 0) is 10.0 Å². The number of nitrogens with one attached hydrogen (secondary N) is 1. The van der Waals surface area contributed by atoms with Crippen LogP contribution in [0.1, 0.15) is 19.9 Å². The summed E-state index contributed by atoms with van der Waals surface area (Å²) in [7, 11) is -3.73.